The van der Waals surface area contributed by atoms with Crippen molar-refractivity contribution in [2.24, 2.45) is 0 Å². The molecule has 0 bridgehead atoms. The number of rotatable bonds is 3. The van der Waals surface area contributed by atoms with Crippen molar-refractivity contribution in [1.29, 1.82) is 0 Å². The molecule has 2 N–H and O–H groups in total. The third kappa shape index (κ3) is 2.08. The molecule has 2 aromatic rings. The predicted octanol–water partition coefficient (Wildman–Crippen LogP) is 1.57. The third-order valence-electron chi connectivity index (χ3n) is 1.67. The molecule has 2 heterocycles. The first kappa shape index (κ1) is 9.14. The van der Waals surface area contributed by atoms with Crippen LogP contribution in [0.3, 0.4) is 0 Å². The second kappa shape index (κ2) is 4.19. The van der Waals surface area contributed by atoms with Crippen molar-refractivity contribution >= 4 is 21.7 Å². The molecule has 0 spiro atoms. The van der Waals surface area contributed by atoms with E-state index in [9.17, 15) is 0 Å². The highest BCUT2D eigenvalue weighted by atomic mass is 79.9. The summed E-state index contributed by atoms with van der Waals surface area (Å²) in [5, 5.41) is 9.85. The van der Waals surface area contributed by atoms with Gasteiger partial charge in [-0.15, -0.1) is 0 Å². The molecule has 0 saturated heterocycles. The molecule has 0 radical (unpaired) electrons. The van der Waals surface area contributed by atoms with Crippen LogP contribution in [-0.4, -0.2) is 20.2 Å². The van der Waals surface area contributed by atoms with Gasteiger partial charge in [0, 0.05) is 12.4 Å². The minimum absolute atomic E-state index is 0.662. The quantitative estimate of drug-likeness (QED) is 0.872. The molecular weight excluding hydrogens is 246 g/mol. The average molecular weight is 254 g/mol. The van der Waals surface area contributed by atoms with Crippen molar-refractivity contribution < 1.29 is 0 Å². The predicted molar refractivity (Wildman–Crippen MR) is 55.6 cm³/mol. The molecular formula is C8H8BrN5. The van der Waals surface area contributed by atoms with Crippen LogP contribution >= 0.6 is 15.9 Å². The van der Waals surface area contributed by atoms with Crippen molar-refractivity contribution in [3.05, 3.63) is 35.0 Å². The normalized spacial score (nSPS) is 10.1. The van der Waals surface area contributed by atoms with Crippen LogP contribution in [-0.2, 0) is 6.54 Å². The minimum atomic E-state index is 0.662. The third-order valence-corrected chi connectivity index (χ3v) is 2.25. The van der Waals surface area contributed by atoms with Gasteiger partial charge in [-0.25, -0.2) is 9.97 Å². The number of nitrogens with one attached hydrogen (secondary N) is 2. The molecule has 0 fully saturated rings. The molecule has 0 aromatic carbocycles. The molecule has 0 saturated carbocycles. The molecule has 0 unspecified atom stereocenters. The van der Waals surface area contributed by atoms with E-state index in [1.54, 1.807) is 12.4 Å². The molecule has 0 aliphatic rings. The number of hydrogen-bond acceptors (Lipinski definition) is 4. The lowest BCUT2D eigenvalue weighted by Gasteiger charge is -2.04. The van der Waals surface area contributed by atoms with Crippen molar-refractivity contribution in [1.82, 2.24) is 20.2 Å². The first-order valence-electron chi connectivity index (χ1n) is 4.04. The number of H-pyrrole nitrogens is 1. The fourth-order valence-electron chi connectivity index (χ4n) is 1.00. The van der Waals surface area contributed by atoms with Gasteiger partial charge < -0.3 is 5.32 Å². The number of aromatic amines is 1. The van der Waals surface area contributed by atoms with E-state index >= 15 is 0 Å². The number of aromatic nitrogens is 4. The molecule has 14 heavy (non-hydrogen) atoms. The summed E-state index contributed by atoms with van der Waals surface area (Å²) < 4.78 is 0.847. The molecule has 6 heteroatoms. The maximum Gasteiger partial charge on any atom is 0.144 e. The molecule has 0 atom stereocenters. The Bertz CT molecular complexity index is 400. The molecule has 5 nitrogen and oxygen atoms in total. The van der Waals surface area contributed by atoms with E-state index in [1.165, 1.54) is 6.33 Å². The highest BCUT2D eigenvalue weighted by molar-refractivity contribution is 9.10. The Labute approximate surface area is 89.1 Å². The minimum Gasteiger partial charge on any atom is -0.363 e. The van der Waals surface area contributed by atoms with Gasteiger partial charge in [-0.05, 0) is 22.0 Å². The van der Waals surface area contributed by atoms with Crippen molar-refractivity contribution in [3.63, 3.8) is 0 Å². The largest absolute Gasteiger partial charge is 0.363 e. The Hall–Kier alpha value is -1.43. The summed E-state index contributed by atoms with van der Waals surface area (Å²) >= 11 is 3.35. The Morgan fingerprint density at radius 3 is 3.14 bits per heavy atom. The van der Waals surface area contributed by atoms with Crippen LogP contribution in [0.2, 0.25) is 0 Å². The molecule has 2 aromatic heterocycles. The van der Waals surface area contributed by atoms with Crippen molar-refractivity contribution in [2.45, 2.75) is 6.54 Å². The van der Waals surface area contributed by atoms with Crippen molar-refractivity contribution in [3.8, 4) is 0 Å². The van der Waals surface area contributed by atoms with Crippen LogP contribution in [0.4, 0.5) is 5.82 Å². The maximum atomic E-state index is 4.07. The van der Waals surface area contributed by atoms with E-state index < -0.39 is 0 Å². The Kier molecular flexibility index (Phi) is 2.73. The summed E-state index contributed by atoms with van der Waals surface area (Å²) in [6, 6.07) is 1.90. The number of hydrogen-bond donors (Lipinski definition) is 2. The van der Waals surface area contributed by atoms with Crippen LogP contribution < -0.4 is 5.32 Å². The topological polar surface area (TPSA) is 66.5 Å². The highest BCUT2D eigenvalue weighted by Gasteiger charge is 2.00. The maximum absolute atomic E-state index is 4.07. The molecule has 2 rings (SSSR count). The Morgan fingerprint density at radius 1 is 1.50 bits per heavy atom. The fourth-order valence-corrected chi connectivity index (χ4v) is 1.37. The van der Waals surface area contributed by atoms with E-state index in [0.29, 0.717) is 6.54 Å². The van der Waals surface area contributed by atoms with E-state index in [0.717, 1.165) is 16.0 Å². The lowest BCUT2D eigenvalue weighted by Crippen LogP contribution is -2.02. The Morgan fingerprint density at radius 2 is 2.43 bits per heavy atom. The van der Waals surface area contributed by atoms with Gasteiger partial charge in [-0.2, -0.15) is 5.10 Å². The summed E-state index contributed by atoms with van der Waals surface area (Å²) in [6.45, 7) is 0.662. The lowest BCUT2D eigenvalue weighted by atomic mass is 10.4. The monoisotopic (exact) mass is 253 g/mol. The summed E-state index contributed by atoms with van der Waals surface area (Å²) in [6.07, 6.45) is 4.91. The zero-order chi connectivity index (χ0) is 9.80. The molecule has 0 aliphatic heterocycles. The summed E-state index contributed by atoms with van der Waals surface area (Å²) in [7, 11) is 0. The number of nitrogens with zero attached hydrogens (tertiary/aromatic N) is 3. The van der Waals surface area contributed by atoms with Gasteiger partial charge in [-0.1, -0.05) is 0 Å². The van der Waals surface area contributed by atoms with E-state index in [2.05, 4.69) is 41.4 Å². The first-order valence-corrected chi connectivity index (χ1v) is 4.83. The van der Waals surface area contributed by atoms with Crippen LogP contribution in [0.15, 0.2) is 29.3 Å². The first-order chi connectivity index (χ1) is 6.86. The lowest BCUT2D eigenvalue weighted by molar-refractivity contribution is 0.969. The standard InChI is InChI=1S/C8H8BrN5/c9-7-4-10-5-12-8(7)11-3-6-1-2-13-14-6/h1-2,4-5H,3H2,(H,13,14)(H,10,11,12). The van der Waals surface area contributed by atoms with Gasteiger partial charge in [0.25, 0.3) is 0 Å². The summed E-state index contributed by atoms with van der Waals surface area (Å²) in [5.41, 5.74) is 1.01. The second-order valence-electron chi connectivity index (χ2n) is 2.65. The number of halogens is 1. The fraction of sp³-hybridized carbons (Fsp3) is 0.125. The zero-order valence-electron chi connectivity index (χ0n) is 7.24. The van der Waals surface area contributed by atoms with Gasteiger partial charge in [0.05, 0.1) is 16.7 Å². The SMILES string of the molecule is Brc1cncnc1NCc1ccn[nH]1. The summed E-state index contributed by atoms with van der Waals surface area (Å²) in [5.74, 6) is 0.773. The van der Waals surface area contributed by atoms with E-state index in [1.807, 2.05) is 6.07 Å². The number of anilines is 1. The van der Waals surface area contributed by atoms with Crippen LogP contribution in [0, 0.1) is 0 Å². The molecule has 72 valence electrons. The van der Waals surface area contributed by atoms with Gasteiger partial charge >= 0.3 is 0 Å². The van der Waals surface area contributed by atoms with Crippen LogP contribution in [0.25, 0.3) is 0 Å². The van der Waals surface area contributed by atoms with Gasteiger partial charge in [0.1, 0.15) is 12.1 Å². The smallest absolute Gasteiger partial charge is 0.144 e. The van der Waals surface area contributed by atoms with Gasteiger partial charge in [0.15, 0.2) is 0 Å². The average Bonchev–Trinajstić information content (AvgIpc) is 2.69. The summed E-state index contributed by atoms with van der Waals surface area (Å²) in [4.78, 5) is 7.95. The van der Waals surface area contributed by atoms with Crippen LogP contribution in [0.5, 0.6) is 0 Å². The second-order valence-corrected chi connectivity index (χ2v) is 3.51. The van der Waals surface area contributed by atoms with Gasteiger partial charge in [0.2, 0.25) is 0 Å². The highest BCUT2D eigenvalue weighted by Crippen LogP contribution is 2.17. The van der Waals surface area contributed by atoms with Crippen LogP contribution in [0.1, 0.15) is 5.69 Å². The van der Waals surface area contributed by atoms with Gasteiger partial charge in [-0.3, -0.25) is 5.10 Å². The zero-order valence-corrected chi connectivity index (χ0v) is 8.82. The van der Waals surface area contributed by atoms with Crippen molar-refractivity contribution in [2.75, 3.05) is 5.32 Å². The Balaban J connectivity index is 2.02. The van der Waals surface area contributed by atoms with E-state index in [4.69, 9.17) is 0 Å². The van der Waals surface area contributed by atoms with E-state index in [-0.39, 0.29) is 0 Å². The molecule has 0 aliphatic carbocycles. The molecule has 0 amide bonds.